The van der Waals surface area contributed by atoms with E-state index in [2.05, 4.69) is 5.32 Å². The van der Waals surface area contributed by atoms with Gasteiger partial charge in [-0.25, -0.2) is 0 Å². The zero-order chi connectivity index (χ0) is 16.9. The molecule has 0 aliphatic heterocycles. The lowest BCUT2D eigenvalue weighted by Gasteiger charge is -2.23. The summed E-state index contributed by atoms with van der Waals surface area (Å²) in [6.45, 7) is -0.355. The van der Waals surface area contributed by atoms with Gasteiger partial charge in [0.25, 0.3) is 5.91 Å². The molecular formula is C20H19NO3. The Morgan fingerprint density at radius 1 is 0.917 bits per heavy atom. The number of aliphatic hydroxyl groups is 2. The van der Waals surface area contributed by atoms with Gasteiger partial charge in [-0.1, -0.05) is 66.7 Å². The Morgan fingerprint density at radius 2 is 1.58 bits per heavy atom. The zero-order valence-electron chi connectivity index (χ0n) is 13.1. The summed E-state index contributed by atoms with van der Waals surface area (Å²) >= 11 is 0. The van der Waals surface area contributed by atoms with Crippen molar-refractivity contribution in [3.8, 4) is 0 Å². The number of rotatable bonds is 5. The van der Waals surface area contributed by atoms with Gasteiger partial charge in [0.15, 0.2) is 0 Å². The molecule has 3 rings (SSSR count). The minimum Gasteiger partial charge on any atom is -0.394 e. The molecule has 0 saturated carbocycles. The molecule has 1 amide bonds. The van der Waals surface area contributed by atoms with E-state index in [-0.39, 0.29) is 12.5 Å². The molecule has 0 aliphatic rings. The van der Waals surface area contributed by atoms with Crippen LogP contribution in [0.4, 0.5) is 0 Å². The van der Waals surface area contributed by atoms with Crippen LogP contribution in [0.1, 0.15) is 22.0 Å². The largest absolute Gasteiger partial charge is 0.394 e. The lowest BCUT2D eigenvalue weighted by atomic mass is 10.0. The van der Waals surface area contributed by atoms with Crippen LogP contribution in [0.25, 0.3) is 10.8 Å². The molecule has 3 N–H and O–H groups in total. The number of aliphatic hydroxyl groups excluding tert-OH is 2. The molecule has 0 radical (unpaired) electrons. The molecular weight excluding hydrogens is 302 g/mol. The Hall–Kier alpha value is -2.69. The van der Waals surface area contributed by atoms with Crippen LogP contribution in [0.15, 0.2) is 72.8 Å². The third-order valence-corrected chi connectivity index (χ3v) is 4.07. The number of nitrogens with one attached hydrogen (secondary N) is 1. The van der Waals surface area contributed by atoms with Crippen LogP contribution in [0.3, 0.4) is 0 Å². The molecule has 3 aromatic carbocycles. The molecule has 122 valence electrons. The average Bonchev–Trinajstić information content (AvgIpc) is 2.65. The monoisotopic (exact) mass is 321 g/mol. The van der Waals surface area contributed by atoms with Crippen molar-refractivity contribution in [3.05, 3.63) is 83.9 Å². The number of fused-ring (bicyclic) bond motifs is 1. The summed E-state index contributed by atoms with van der Waals surface area (Å²) in [4.78, 5) is 12.6. The molecule has 0 heterocycles. The molecule has 0 spiro atoms. The Kier molecular flexibility index (Phi) is 4.89. The predicted molar refractivity (Wildman–Crippen MR) is 93.7 cm³/mol. The Labute approximate surface area is 140 Å². The molecule has 0 bridgehead atoms. The first-order valence-electron chi connectivity index (χ1n) is 7.83. The number of benzene rings is 3. The topological polar surface area (TPSA) is 69.6 Å². The first-order chi connectivity index (χ1) is 11.7. The van der Waals surface area contributed by atoms with E-state index < -0.39 is 12.1 Å². The van der Waals surface area contributed by atoms with Crippen LogP contribution in [-0.4, -0.2) is 28.8 Å². The van der Waals surface area contributed by atoms with E-state index in [0.717, 1.165) is 10.8 Å². The van der Waals surface area contributed by atoms with Gasteiger partial charge in [0.2, 0.25) is 0 Å². The van der Waals surface area contributed by atoms with Crippen molar-refractivity contribution in [3.63, 3.8) is 0 Å². The second kappa shape index (κ2) is 7.25. The van der Waals surface area contributed by atoms with Crippen LogP contribution in [0.5, 0.6) is 0 Å². The van der Waals surface area contributed by atoms with E-state index in [9.17, 15) is 15.0 Å². The second-order valence-electron chi connectivity index (χ2n) is 5.64. The fourth-order valence-electron chi connectivity index (χ4n) is 2.78. The third-order valence-electron chi connectivity index (χ3n) is 4.07. The smallest absolute Gasteiger partial charge is 0.252 e. The number of carbonyl (C=O) groups excluding carboxylic acids is 1. The van der Waals surface area contributed by atoms with E-state index in [1.807, 2.05) is 42.5 Å². The highest BCUT2D eigenvalue weighted by molar-refractivity contribution is 6.07. The summed E-state index contributed by atoms with van der Waals surface area (Å²) in [7, 11) is 0. The molecule has 0 fully saturated rings. The second-order valence-corrected chi connectivity index (χ2v) is 5.64. The molecule has 0 unspecified atom stereocenters. The summed E-state index contributed by atoms with van der Waals surface area (Å²) in [6.07, 6.45) is -0.977. The van der Waals surface area contributed by atoms with Crippen molar-refractivity contribution in [1.29, 1.82) is 0 Å². The van der Waals surface area contributed by atoms with Gasteiger partial charge < -0.3 is 15.5 Å². The maximum atomic E-state index is 12.6. The van der Waals surface area contributed by atoms with Crippen LogP contribution in [-0.2, 0) is 0 Å². The van der Waals surface area contributed by atoms with Crippen LogP contribution < -0.4 is 5.32 Å². The van der Waals surface area contributed by atoms with Crippen molar-refractivity contribution in [2.24, 2.45) is 0 Å². The molecule has 4 nitrogen and oxygen atoms in total. The van der Waals surface area contributed by atoms with E-state index in [0.29, 0.717) is 11.1 Å². The lowest BCUT2D eigenvalue weighted by Crippen LogP contribution is -2.42. The van der Waals surface area contributed by atoms with Gasteiger partial charge in [-0.2, -0.15) is 0 Å². The van der Waals surface area contributed by atoms with Gasteiger partial charge in [-0.3, -0.25) is 4.79 Å². The third kappa shape index (κ3) is 3.30. The van der Waals surface area contributed by atoms with Crippen molar-refractivity contribution < 1.29 is 15.0 Å². The first kappa shape index (κ1) is 16.2. The highest BCUT2D eigenvalue weighted by Gasteiger charge is 2.23. The van der Waals surface area contributed by atoms with E-state index in [1.54, 1.807) is 30.3 Å². The van der Waals surface area contributed by atoms with Crippen molar-refractivity contribution >= 4 is 16.7 Å². The van der Waals surface area contributed by atoms with Crippen molar-refractivity contribution in [1.82, 2.24) is 5.32 Å². The molecule has 0 aromatic heterocycles. The Balaban J connectivity index is 1.84. The van der Waals surface area contributed by atoms with Gasteiger partial charge >= 0.3 is 0 Å². The Morgan fingerprint density at radius 3 is 2.33 bits per heavy atom. The molecule has 2 atom stereocenters. The minimum atomic E-state index is -0.977. The highest BCUT2D eigenvalue weighted by Crippen LogP contribution is 2.20. The van der Waals surface area contributed by atoms with Crippen LogP contribution in [0.2, 0.25) is 0 Å². The normalized spacial score (nSPS) is 13.4. The van der Waals surface area contributed by atoms with Gasteiger partial charge in [0.1, 0.15) is 6.10 Å². The maximum absolute atomic E-state index is 12.6. The summed E-state index contributed by atoms with van der Waals surface area (Å²) in [5.74, 6) is -0.319. The summed E-state index contributed by atoms with van der Waals surface area (Å²) < 4.78 is 0. The van der Waals surface area contributed by atoms with Crippen molar-refractivity contribution in [2.75, 3.05) is 6.61 Å². The van der Waals surface area contributed by atoms with Crippen LogP contribution in [0, 0.1) is 0 Å². The summed E-state index contributed by atoms with van der Waals surface area (Å²) in [5, 5.41) is 24.5. The van der Waals surface area contributed by atoms with E-state index in [4.69, 9.17) is 0 Å². The molecule has 4 heteroatoms. The zero-order valence-corrected chi connectivity index (χ0v) is 13.1. The molecule has 3 aromatic rings. The van der Waals surface area contributed by atoms with Crippen LogP contribution >= 0.6 is 0 Å². The SMILES string of the molecule is O=C(N[C@@H](CO)[C@@H](O)c1ccccc1)c1cccc2ccccc12. The van der Waals surface area contributed by atoms with Gasteiger partial charge in [-0.15, -0.1) is 0 Å². The summed E-state index contributed by atoms with van der Waals surface area (Å²) in [6, 6.07) is 21.3. The standard InChI is InChI=1S/C20H19NO3/c22-13-18(19(23)15-8-2-1-3-9-15)21-20(24)17-12-6-10-14-7-4-5-11-16(14)17/h1-12,18-19,22-23H,13H2,(H,21,24)/t18-,19-/m0/s1. The molecule has 24 heavy (non-hydrogen) atoms. The first-order valence-corrected chi connectivity index (χ1v) is 7.83. The number of hydrogen-bond donors (Lipinski definition) is 3. The highest BCUT2D eigenvalue weighted by atomic mass is 16.3. The average molecular weight is 321 g/mol. The maximum Gasteiger partial charge on any atom is 0.252 e. The molecule has 0 saturated heterocycles. The van der Waals surface area contributed by atoms with Gasteiger partial charge in [-0.05, 0) is 22.4 Å². The van der Waals surface area contributed by atoms with Gasteiger partial charge in [0.05, 0.1) is 12.6 Å². The Bertz CT molecular complexity index is 827. The van der Waals surface area contributed by atoms with Gasteiger partial charge in [0, 0.05) is 5.56 Å². The fraction of sp³-hybridized carbons (Fsp3) is 0.150. The number of hydrogen-bond acceptors (Lipinski definition) is 3. The number of carbonyl (C=O) groups is 1. The quantitative estimate of drug-likeness (QED) is 0.677. The van der Waals surface area contributed by atoms with E-state index in [1.165, 1.54) is 0 Å². The number of amides is 1. The summed E-state index contributed by atoms with van der Waals surface area (Å²) in [5.41, 5.74) is 1.17. The molecule has 0 aliphatic carbocycles. The minimum absolute atomic E-state index is 0.319. The van der Waals surface area contributed by atoms with E-state index >= 15 is 0 Å². The van der Waals surface area contributed by atoms with Crippen molar-refractivity contribution in [2.45, 2.75) is 12.1 Å². The lowest BCUT2D eigenvalue weighted by molar-refractivity contribution is 0.0704. The fourth-order valence-corrected chi connectivity index (χ4v) is 2.78. The predicted octanol–water partition coefficient (Wildman–Crippen LogP) is 2.66.